The largest absolute Gasteiger partial charge is 0.314 e. The minimum Gasteiger partial charge on any atom is -0.314 e. The number of imidazole rings is 1. The zero-order valence-electron chi connectivity index (χ0n) is 18.8. The molecule has 0 bridgehead atoms. The number of benzene rings is 4. The molecule has 5 aromatic rings. The number of carbonyl (C=O) groups excluding carboxylic acids is 1. The molecule has 1 N–H and O–H groups in total. The Hall–Kier alpha value is -3.90. The van der Waals surface area contributed by atoms with Crippen LogP contribution in [0.1, 0.15) is 16.7 Å². The Bertz CT molecular complexity index is 1480. The summed E-state index contributed by atoms with van der Waals surface area (Å²) in [5.74, 6) is 0.0554. The van der Waals surface area contributed by atoms with Crippen molar-refractivity contribution >= 4 is 45.7 Å². The van der Waals surface area contributed by atoms with Gasteiger partial charge < -0.3 is 4.57 Å². The zero-order chi connectivity index (χ0) is 23.3. The number of nitrogens with zero attached hydrogens (tertiary/aromatic N) is 3. The lowest BCUT2D eigenvalue weighted by Gasteiger charge is -2.09. The van der Waals surface area contributed by atoms with E-state index in [1.165, 1.54) is 22.9 Å². The summed E-state index contributed by atoms with van der Waals surface area (Å²) in [7, 11) is 0. The van der Waals surface area contributed by atoms with Gasteiger partial charge in [0.25, 0.3) is 5.91 Å². The molecule has 4 aromatic carbocycles. The van der Waals surface area contributed by atoms with E-state index in [-0.39, 0.29) is 11.7 Å². The number of rotatable bonds is 7. The lowest BCUT2D eigenvalue weighted by Crippen LogP contribution is -2.20. The predicted molar refractivity (Wildman–Crippen MR) is 140 cm³/mol. The molecule has 0 fully saturated rings. The molecule has 5 nitrogen and oxygen atoms in total. The summed E-state index contributed by atoms with van der Waals surface area (Å²) in [5, 5.41) is 7.23. The van der Waals surface area contributed by atoms with Crippen molar-refractivity contribution in [2.45, 2.75) is 18.6 Å². The number of fused-ring (bicyclic) bond motifs is 2. The highest BCUT2D eigenvalue weighted by Gasteiger charge is 2.13. The van der Waals surface area contributed by atoms with Gasteiger partial charge in [-0.1, -0.05) is 96.2 Å². The number of thioether (sulfide) groups is 1. The van der Waals surface area contributed by atoms with Crippen LogP contribution in [0.15, 0.2) is 101 Å². The van der Waals surface area contributed by atoms with E-state index in [1.807, 2.05) is 48.5 Å². The van der Waals surface area contributed by atoms with Gasteiger partial charge in [-0.25, -0.2) is 10.4 Å². The van der Waals surface area contributed by atoms with Crippen LogP contribution in [0.4, 0.5) is 0 Å². The molecule has 34 heavy (non-hydrogen) atoms. The molecule has 5 rings (SSSR count). The zero-order valence-corrected chi connectivity index (χ0v) is 19.6. The molecule has 0 saturated heterocycles. The maximum absolute atomic E-state index is 12.5. The average molecular weight is 465 g/mol. The number of hydrazone groups is 1. The van der Waals surface area contributed by atoms with E-state index < -0.39 is 0 Å². The van der Waals surface area contributed by atoms with Crippen molar-refractivity contribution in [3.05, 3.63) is 108 Å². The van der Waals surface area contributed by atoms with Crippen LogP contribution in [0.5, 0.6) is 0 Å². The molecule has 0 atom stereocenters. The number of hydrogen-bond acceptors (Lipinski definition) is 4. The van der Waals surface area contributed by atoms with Crippen molar-refractivity contribution in [2.24, 2.45) is 5.10 Å². The first-order valence-electron chi connectivity index (χ1n) is 11.1. The fourth-order valence-corrected chi connectivity index (χ4v) is 4.70. The summed E-state index contributed by atoms with van der Waals surface area (Å²) < 4.78 is 2.16. The van der Waals surface area contributed by atoms with Crippen molar-refractivity contribution in [3.8, 4) is 0 Å². The summed E-state index contributed by atoms with van der Waals surface area (Å²) in [6, 6.07) is 30.7. The van der Waals surface area contributed by atoms with Crippen molar-refractivity contribution in [2.75, 3.05) is 5.75 Å². The first kappa shape index (κ1) is 21.9. The molecule has 0 unspecified atom stereocenters. The van der Waals surface area contributed by atoms with Gasteiger partial charge in [0.05, 0.1) is 29.5 Å². The van der Waals surface area contributed by atoms with Gasteiger partial charge in [-0.3, -0.25) is 4.79 Å². The van der Waals surface area contributed by atoms with Crippen molar-refractivity contribution in [1.82, 2.24) is 15.0 Å². The summed E-state index contributed by atoms with van der Waals surface area (Å²) in [5.41, 5.74) is 8.02. The molecular formula is C28H24N4OS. The maximum Gasteiger partial charge on any atom is 0.250 e. The Morgan fingerprint density at radius 1 is 0.971 bits per heavy atom. The Kier molecular flexibility index (Phi) is 6.40. The van der Waals surface area contributed by atoms with Crippen LogP contribution in [0.2, 0.25) is 0 Å². The third-order valence-electron chi connectivity index (χ3n) is 5.63. The highest BCUT2D eigenvalue weighted by atomic mass is 32.2. The van der Waals surface area contributed by atoms with Crippen molar-refractivity contribution < 1.29 is 4.79 Å². The second-order valence-electron chi connectivity index (χ2n) is 8.11. The van der Waals surface area contributed by atoms with E-state index in [0.29, 0.717) is 6.54 Å². The fourth-order valence-electron chi connectivity index (χ4n) is 3.89. The topological polar surface area (TPSA) is 59.3 Å². The number of hydrogen-bond donors (Lipinski definition) is 1. The van der Waals surface area contributed by atoms with Crippen molar-refractivity contribution in [1.29, 1.82) is 0 Å². The van der Waals surface area contributed by atoms with Crippen LogP contribution in [0, 0.1) is 6.92 Å². The minimum atomic E-state index is -0.171. The highest BCUT2D eigenvalue weighted by molar-refractivity contribution is 7.99. The lowest BCUT2D eigenvalue weighted by atomic mass is 10.1. The molecule has 0 aliphatic carbocycles. The van der Waals surface area contributed by atoms with Gasteiger partial charge in [0, 0.05) is 5.56 Å². The van der Waals surface area contributed by atoms with Gasteiger partial charge in [0.2, 0.25) is 0 Å². The average Bonchev–Trinajstić information content (AvgIpc) is 3.21. The summed E-state index contributed by atoms with van der Waals surface area (Å²) in [4.78, 5) is 17.3. The monoisotopic (exact) mass is 464 g/mol. The van der Waals surface area contributed by atoms with Crippen LogP contribution < -0.4 is 5.43 Å². The van der Waals surface area contributed by atoms with Gasteiger partial charge in [0.15, 0.2) is 5.16 Å². The molecule has 1 heterocycles. The van der Waals surface area contributed by atoms with E-state index in [0.717, 1.165) is 32.5 Å². The quantitative estimate of drug-likeness (QED) is 0.188. The number of aryl methyl sites for hydroxylation is 1. The fraction of sp³-hybridized carbons (Fsp3) is 0.107. The van der Waals surface area contributed by atoms with Crippen molar-refractivity contribution in [3.63, 3.8) is 0 Å². The predicted octanol–water partition coefficient (Wildman–Crippen LogP) is 5.79. The van der Waals surface area contributed by atoms with Gasteiger partial charge in [-0.05, 0) is 35.4 Å². The van der Waals surface area contributed by atoms with Crippen LogP contribution >= 0.6 is 11.8 Å². The van der Waals surface area contributed by atoms with Crippen LogP contribution in [0.25, 0.3) is 21.8 Å². The third kappa shape index (κ3) is 4.87. The SMILES string of the molecule is Cc1ccc(Cn2c(SCC(=O)N/N=C/c3cccc4ccccc34)nc3ccccc32)cc1. The van der Waals surface area contributed by atoms with Crippen LogP contribution in [-0.4, -0.2) is 27.4 Å². The van der Waals surface area contributed by atoms with Gasteiger partial charge >= 0.3 is 0 Å². The molecule has 168 valence electrons. The molecule has 1 aromatic heterocycles. The number of amides is 1. The number of nitrogens with one attached hydrogen (secondary N) is 1. The molecule has 0 aliphatic heterocycles. The van der Waals surface area contributed by atoms with E-state index in [9.17, 15) is 4.79 Å². The summed E-state index contributed by atoms with van der Waals surface area (Å²) in [6.07, 6.45) is 1.69. The Balaban J connectivity index is 1.28. The van der Waals surface area contributed by atoms with E-state index in [1.54, 1.807) is 6.21 Å². The molecule has 1 amide bonds. The van der Waals surface area contributed by atoms with E-state index in [2.05, 4.69) is 64.5 Å². The van der Waals surface area contributed by atoms with Crippen LogP contribution in [0.3, 0.4) is 0 Å². The molecule has 6 heteroatoms. The van der Waals surface area contributed by atoms with E-state index >= 15 is 0 Å². The van der Waals surface area contributed by atoms with Crippen LogP contribution in [-0.2, 0) is 11.3 Å². The third-order valence-corrected chi connectivity index (χ3v) is 6.61. The maximum atomic E-state index is 12.5. The molecule has 0 saturated carbocycles. The Morgan fingerprint density at radius 3 is 2.62 bits per heavy atom. The normalized spacial score (nSPS) is 11.4. The highest BCUT2D eigenvalue weighted by Crippen LogP contribution is 2.25. The van der Waals surface area contributed by atoms with Gasteiger partial charge in [0.1, 0.15) is 0 Å². The first-order valence-corrected chi connectivity index (χ1v) is 12.1. The second-order valence-corrected chi connectivity index (χ2v) is 9.05. The number of para-hydroxylation sites is 2. The number of aromatic nitrogens is 2. The second kappa shape index (κ2) is 9.93. The van der Waals surface area contributed by atoms with Gasteiger partial charge in [-0.15, -0.1) is 0 Å². The smallest absolute Gasteiger partial charge is 0.250 e. The molecule has 0 aliphatic rings. The molecular weight excluding hydrogens is 440 g/mol. The summed E-state index contributed by atoms with van der Waals surface area (Å²) in [6.45, 7) is 2.78. The minimum absolute atomic E-state index is 0.171. The molecule has 0 spiro atoms. The Morgan fingerprint density at radius 2 is 1.74 bits per heavy atom. The standard InChI is InChI=1S/C28H24N4OS/c1-20-13-15-21(16-14-20)18-32-26-12-5-4-11-25(26)30-28(32)34-19-27(33)31-29-17-23-9-6-8-22-7-2-3-10-24(22)23/h2-17H,18-19H2,1H3,(H,31,33)/b29-17+. The Labute approximate surface area is 202 Å². The lowest BCUT2D eigenvalue weighted by molar-refractivity contribution is -0.118. The first-order chi connectivity index (χ1) is 16.7. The summed E-state index contributed by atoms with van der Waals surface area (Å²) >= 11 is 1.42. The van der Waals surface area contributed by atoms with E-state index in [4.69, 9.17) is 4.98 Å². The van der Waals surface area contributed by atoms with Gasteiger partial charge in [-0.2, -0.15) is 5.10 Å². The number of carbonyl (C=O) groups is 1. The molecule has 0 radical (unpaired) electrons.